The molecule has 2 nitrogen and oxygen atoms in total. The first-order valence-corrected chi connectivity index (χ1v) is 4.98. The topological polar surface area (TPSA) is 26.3 Å². The largest absolute Gasteiger partial charge is 0.497 e. The molecule has 1 rings (SSSR count). The summed E-state index contributed by atoms with van der Waals surface area (Å²) in [5.41, 5.74) is 0.534. The summed E-state index contributed by atoms with van der Waals surface area (Å²) < 4.78 is 17.9. The van der Waals surface area contributed by atoms with Gasteiger partial charge in [-0.15, -0.1) is 0 Å². The van der Waals surface area contributed by atoms with Crippen LogP contribution in [0.2, 0.25) is 0 Å². The fraction of sp³-hybridized carbons (Fsp3) is 0.417. The Morgan fingerprint density at radius 1 is 1.40 bits per heavy atom. The Balaban J connectivity index is 2.66. The van der Waals surface area contributed by atoms with E-state index in [-0.39, 0.29) is 12.2 Å². The molecule has 0 aliphatic heterocycles. The van der Waals surface area contributed by atoms with Crippen LogP contribution >= 0.6 is 0 Å². The van der Waals surface area contributed by atoms with E-state index in [9.17, 15) is 9.18 Å². The second-order valence-electron chi connectivity index (χ2n) is 3.36. The molecule has 82 valence electrons. The van der Waals surface area contributed by atoms with Gasteiger partial charge in [-0.2, -0.15) is 0 Å². The average Bonchev–Trinajstić information content (AvgIpc) is 2.29. The van der Waals surface area contributed by atoms with E-state index in [0.29, 0.717) is 17.7 Å². The standard InChI is InChI=1S/C12H15FO2/c1-3-10(13)8-12(14)9-4-6-11(15-2)7-5-9/h4-7,10H,3,8H2,1-2H3. The van der Waals surface area contributed by atoms with Crippen LogP contribution in [-0.2, 0) is 0 Å². The number of Topliss-reactive ketones (excluding diaryl/α,β-unsaturated/α-hetero) is 1. The zero-order chi connectivity index (χ0) is 11.3. The van der Waals surface area contributed by atoms with Gasteiger partial charge in [0.2, 0.25) is 0 Å². The van der Waals surface area contributed by atoms with Crippen molar-refractivity contribution in [3.05, 3.63) is 29.8 Å². The molecule has 0 aromatic heterocycles. The lowest BCUT2D eigenvalue weighted by molar-refractivity contribution is 0.0945. The lowest BCUT2D eigenvalue weighted by Crippen LogP contribution is -2.08. The van der Waals surface area contributed by atoms with E-state index < -0.39 is 6.17 Å². The first kappa shape index (κ1) is 11.7. The van der Waals surface area contributed by atoms with Gasteiger partial charge in [0.15, 0.2) is 5.78 Å². The van der Waals surface area contributed by atoms with E-state index >= 15 is 0 Å². The van der Waals surface area contributed by atoms with E-state index in [0.717, 1.165) is 0 Å². The third-order valence-corrected chi connectivity index (χ3v) is 2.26. The van der Waals surface area contributed by atoms with Crippen molar-refractivity contribution in [1.82, 2.24) is 0 Å². The van der Waals surface area contributed by atoms with Crippen LogP contribution in [0.15, 0.2) is 24.3 Å². The van der Waals surface area contributed by atoms with Gasteiger partial charge in [0, 0.05) is 12.0 Å². The van der Waals surface area contributed by atoms with Crippen molar-refractivity contribution in [2.45, 2.75) is 25.9 Å². The summed E-state index contributed by atoms with van der Waals surface area (Å²) in [6.07, 6.45) is -0.704. The SMILES string of the molecule is CCC(F)CC(=O)c1ccc(OC)cc1. The number of ketones is 1. The first-order chi connectivity index (χ1) is 7.17. The summed E-state index contributed by atoms with van der Waals surface area (Å²) in [4.78, 5) is 11.5. The summed E-state index contributed by atoms with van der Waals surface area (Å²) in [6.45, 7) is 1.73. The number of hydrogen-bond acceptors (Lipinski definition) is 2. The maximum atomic E-state index is 13.0. The second kappa shape index (κ2) is 5.49. The quantitative estimate of drug-likeness (QED) is 0.698. The predicted octanol–water partition coefficient (Wildman–Crippen LogP) is 3.02. The van der Waals surface area contributed by atoms with Gasteiger partial charge < -0.3 is 4.74 Å². The van der Waals surface area contributed by atoms with Crippen LogP contribution in [0.25, 0.3) is 0 Å². The molecule has 0 saturated carbocycles. The molecule has 1 unspecified atom stereocenters. The van der Waals surface area contributed by atoms with Crippen LogP contribution in [0.3, 0.4) is 0 Å². The van der Waals surface area contributed by atoms with Crippen LogP contribution in [-0.4, -0.2) is 19.1 Å². The van der Waals surface area contributed by atoms with Crippen LogP contribution in [0.1, 0.15) is 30.1 Å². The van der Waals surface area contributed by atoms with Crippen molar-refractivity contribution in [2.24, 2.45) is 0 Å². The molecule has 0 fully saturated rings. The van der Waals surface area contributed by atoms with Crippen molar-refractivity contribution >= 4 is 5.78 Å². The fourth-order valence-corrected chi connectivity index (χ4v) is 1.24. The molecule has 0 spiro atoms. The number of ether oxygens (including phenoxy) is 1. The molecule has 0 bridgehead atoms. The Morgan fingerprint density at radius 2 is 2.00 bits per heavy atom. The molecule has 1 aromatic rings. The molecule has 3 heteroatoms. The molecule has 0 N–H and O–H groups in total. The fourth-order valence-electron chi connectivity index (χ4n) is 1.24. The highest BCUT2D eigenvalue weighted by molar-refractivity contribution is 5.96. The highest BCUT2D eigenvalue weighted by Gasteiger charge is 2.12. The average molecular weight is 210 g/mol. The minimum atomic E-state index is -1.04. The molecule has 0 saturated heterocycles. The van der Waals surface area contributed by atoms with Crippen molar-refractivity contribution in [3.8, 4) is 5.75 Å². The number of alkyl halides is 1. The second-order valence-corrected chi connectivity index (χ2v) is 3.36. The minimum Gasteiger partial charge on any atom is -0.497 e. The summed E-state index contributed by atoms with van der Waals surface area (Å²) in [6, 6.07) is 6.71. The molecule has 0 aliphatic rings. The maximum absolute atomic E-state index is 13.0. The highest BCUT2D eigenvalue weighted by atomic mass is 19.1. The Bertz CT molecular complexity index is 319. The van der Waals surface area contributed by atoms with Gasteiger partial charge in [-0.25, -0.2) is 4.39 Å². The van der Waals surface area contributed by atoms with Gasteiger partial charge in [-0.1, -0.05) is 6.92 Å². The van der Waals surface area contributed by atoms with Crippen LogP contribution in [0.5, 0.6) is 5.75 Å². The maximum Gasteiger partial charge on any atom is 0.165 e. The van der Waals surface area contributed by atoms with Gasteiger partial charge in [0.1, 0.15) is 11.9 Å². The molecule has 0 aliphatic carbocycles. The molecule has 1 atom stereocenters. The lowest BCUT2D eigenvalue weighted by Gasteiger charge is -2.05. The molecule has 0 heterocycles. The van der Waals surface area contributed by atoms with Gasteiger partial charge in [0.05, 0.1) is 7.11 Å². The van der Waals surface area contributed by atoms with Gasteiger partial charge in [-0.05, 0) is 30.7 Å². The van der Waals surface area contributed by atoms with Crippen molar-refractivity contribution < 1.29 is 13.9 Å². The van der Waals surface area contributed by atoms with E-state index in [1.54, 1.807) is 38.3 Å². The highest BCUT2D eigenvalue weighted by Crippen LogP contribution is 2.14. The van der Waals surface area contributed by atoms with E-state index in [1.807, 2.05) is 0 Å². The van der Waals surface area contributed by atoms with Crippen LogP contribution < -0.4 is 4.74 Å². The third-order valence-electron chi connectivity index (χ3n) is 2.26. The molecular weight excluding hydrogens is 195 g/mol. The van der Waals surface area contributed by atoms with E-state index in [4.69, 9.17) is 4.74 Å². The molecule has 0 amide bonds. The van der Waals surface area contributed by atoms with Crippen molar-refractivity contribution in [3.63, 3.8) is 0 Å². The van der Waals surface area contributed by atoms with Gasteiger partial charge in [-0.3, -0.25) is 4.79 Å². The van der Waals surface area contributed by atoms with Crippen molar-refractivity contribution in [1.29, 1.82) is 0 Å². The van der Waals surface area contributed by atoms with E-state index in [1.165, 1.54) is 0 Å². The summed E-state index contributed by atoms with van der Waals surface area (Å²) >= 11 is 0. The Labute approximate surface area is 89.1 Å². The van der Waals surface area contributed by atoms with Crippen LogP contribution in [0, 0.1) is 0 Å². The Hall–Kier alpha value is -1.38. The minimum absolute atomic E-state index is 0.0389. The van der Waals surface area contributed by atoms with E-state index in [2.05, 4.69) is 0 Å². The molecule has 15 heavy (non-hydrogen) atoms. The normalized spacial score (nSPS) is 12.2. The summed E-state index contributed by atoms with van der Waals surface area (Å²) in [7, 11) is 1.56. The number of methoxy groups -OCH3 is 1. The Morgan fingerprint density at radius 3 is 2.47 bits per heavy atom. The molecular formula is C12H15FO2. The lowest BCUT2D eigenvalue weighted by atomic mass is 10.0. The number of carbonyl (C=O) groups is 1. The third kappa shape index (κ3) is 3.35. The van der Waals surface area contributed by atoms with Gasteiger partial charge >= 0.3 is 0 Å². The predicted molar refractivity (Wildman–Crippen MR) is 57.1 cm³/mol. The first-order valence-electron chi connectivity index (χ1n) is 4.98. The van der Waals surface area contributed by atoms with Crippen molar-refractivity contribution in [2.75, 3.05) is 7.11 Å². The number of carbonyl (C=O) groups excluding carboxylic acids is 1. The molecule has 1 aromatic carbocycles. The Kier molecular flexibility index (Phi) is 4.28. The zero-order valence-electron chi connectivity index (χ0n) is 9.00. The number of benzene rings is 1. The summed E-state index contributed by atoms with van der Waals surface area (Å²) in [5, 5.41) is 0. The number of rotatable bonds is 5. The molecule has 0 radical (unpaired) electrons. The monoisotopic (exact) mass is 210 g/mol. The zero-order valence-corrected chi connectivity index (χ0v) is 9.00. The number of halogens is 1. The summed E-state index contributed by atoms with van der Waals surface area (Å²) in [5.74, 6) is 0.533. The number of hydrogen-bond donors (Lipinski definition) is 0. The van der Waals surface area contributed by atoms with Gasteiger partial charge in [0.25, 0.3) is 0 Å². The van der Waals surface area contributed by atoms with Crippen LogP contribution in [0.4, 0.5) is 4.39 Å². The smallest absolute Gasteiger partial charge is 0.165 e.